The predicted octanol–water partition coefficient (Wildman–Crippen LogP) is 2.79. The smallest absolute Gasteiger partial charge is 0.225 e. The number of aromatic nitrogens is 2. The molecule has 0 bridgehead atoms. The van der Waals surface area contributed by atoms with E-state index in [0.717, 1.165) is 37.9 Å². The van der Waals surface area contributed by atoms with Gasteiger partial charge in [0, 0.05) is 19.3 Å². The minimum absolute atomic E-state index is 0.743. The molecule has 2 heterocycles. The van der Waals surface area contributed by atoms with Gasteiger partial charge in [0.05, 0.1) is 18.9 Å². The van der Waals surface area contributed by atoms with Crippen LogP contribution in [0.3, 0.4) is 0 Å². The summed E-state index contributed by atoms with van der Waals surface area (Å²) in [5.41, 5.74) is 3.40. The van der Waals surface area contributed by atoms with Crippen LogP contribution in [0.4, 0.5) is 5.95 Å². The summed E-state index contributed by atoms with van der Waals surface area (Å²) in [6.45, 7) is 5.30. The summed E-state index contributed by atoms with van der Waals surface area (Å²) in [5, 5.41) is 0. The van der Waals surface area contributed by atoms with Gasteiger partial charge in [0.25, 0.3) is 0 Å². The van der Waals surface area contributed by atoms with Crippen molar-refractivity contribution in [3.63, 3.8) is 0 Å². The third-order valence-corrected chi connectivity index (χ3v) is 3.58. The molecule has 0 spiro atoms. The molecule has 1 aromatic heterocycles. The van der Waals surface area contributed by atoms with E-state index in [1.807, 2.05) is 30.5 Å². The van der Waals surface area contributed by atoms with Crippen molar-refractivity contribution in [2.24, 2.45) is 0 Å². The van der Waals surface area contributed by atoms with Gasteiger partial charge in [0.1, 0.15) is 0 Å². The maximum atomic E-state index is 5.36. The Labute approximate surface area is 125 Å². The van der Waals surface area contributed by atoms with Crippen molar-refractivity contribution in [1.82, 2.24) is 9.97 Å². The van der Waals surface area contributed by atoms with E-state index in [-0.39, 0.29) is 0 Å². The maximum absolute atomic E-state index is 5.36. The lowest BCUT2D eigenvalue weighted by molar-refractivity contribution is 0.122. The van der Waals surface area contributed by atoms with Gasteiger partial charge in [-0.1, -0.05) is 30.3 Å². The van der Waals surface area contributed by atoms with Gasteiger partial charge in [-0.25, -0.2) is 9.97 Å². The molecule has 0 aliphatic carbocycles. The SMILES string of the molecule is Cc1ccccc1/C=C/c1ccnc(N2CCOCC2)n1. The first-order valence-electron chi connectivity index (χ1n) is 7.22. The fourth-order valence-electron chi connectivity index (χ4n) is 2.32. The number of ether oxygens (including phenoxy) is 1. The molecule has 1 saturated heterocycles. The fourth-order valence-corrected chi connectivity index (χ4v) is 2.32. The van der Waals surface area contributed by atoms with E-state index in [1.54, 1.807) is 0 Å². The number of morpholine rings is 1. The Morgan fingerprint density at radius 2 is 1.90 bits per heavy atom. The summed E-state index contributed by atoms with van der Waals surface area (Å²) < 4.78 is 5.36. The minimum Gasteiger partial charge on any atom is -0.378 e. The highest BCUT2D eigenvalue weighted by molar-refractivity contribution is 5.69. The van der Waals surface area contributed by atoms with Gasteiger partial charge in [-0.05, 0) is 30.2 Å². The van der Waals surface area contributed by atoms with Crippen LogP contribution in [0.25, 0.3) is 12.2 Å². The number of hydrogen-bond acceptors (Lipinski definition) is 4. The molecule has 0 radical (unpaired) electrons. The van der Waals surface area contributed by atoms with E-state index in [4.69, 9.17) is 4.74 Å². The van der Waals surface area contributed by atoms with Crippen LogP contribution in [0.5, 0.6) is 0 Å². The van der Waals surface area contributed by atoms with Crippen LogP contribution in [0.15, 0.2) is 36.5 Å². The van der Waals surface area contributed by atoms with Crippen molar-refractivity contribution in [1.29, 1.82) is 0 Å². The molecule has 0 N–H and O–H groups in total. The first kappa shape index (κ1) is 13.8. The van der Waals surface area contributed by atoms with Gasteiger partial charge in [0.15, 0.2) is 0 Å². The van der Waals surface area contributed by atoms with Crippen molar-refractivity contribution in [3.05, 3.63) is 53.3 Å². The lowest BCUT2D eigenvalue weighted by Gasteiger charge is -2.26. The van der Waals surface area contributed by atoms with Crippen LogP contribution in [0.2, 0.25) is 0 Å². The van der Waals surface area contributed by atoms with Gasteiger partial charge >= 0.3 is 0 Å². The fraction of sp³-hybridized carbons (Fsp3) is 0.294. The molecule has 0 saturated carbocycles. The van der Waals surface area contributed by atoms with Crippen LogP contribution in [0.1, 0.15) is 16.8 Å². The van der Waals surface area contributed by atoms with E-state index in [9.17, 15) is 0 Å². The average molecular weight is 281 g/mol. The molecule has 4 heteroatoms. The van der Waals surface area contributed by atoms with Crippen molar-refractivity contribution in [3.8, 4) is 0 Å². The molecular formula is C17H19N3O. The van der Waals surface area contributed by atoms with E-state index >= 15 is 0 Å². The normalized spacial score (nSPS) is 15.6. The Morgan fingerprint density at radius 1 is 1.10 bits per heavy atom. The quantitative estimate of drug-likeness (QED) is 0.867. The maximum Gasteiger partial charge on any atom is 0.225 e. The van der Waals surface area contributed by atoms with Crippen LogP contribution in [-0.2, 0) is 4.74 Å². The zero-order valence-electron chi connectivity index (χ0n) is 12.2. The molecule has 108 valence electrons. The van der Waals surface area contributed by atoms with Gasteiger partial charge in [-0.3, -0.25) is 0 Å². The standard InChI is InChI=1S/C17H19N3O/c1-14-4-2-3-5-15(14)6-7-16-8-9-18-17(19-16)20-10-12-21-13-11-20/h2-9H,10-13H2,1H3/b7-6+. The van der Waals surface area contributed by atoms with Crippen LogP contribution >= 0.6 is 0 Å². The third-order valence-electron chi connectivity index (χ3n) is 3.58. The predicted molar refractivity (Wildman–Crippen MR) is 85.2 cm³/mol. The summed E-state index contributed by atoms with van der Waals surface area (Å²) in [6.07, 6.45) is 5.95. The Bertz CT molecular complexity index is 633. The molecule has 0 atom stereocenters. The molecule has 1 aliphatic rings. The van der Waals surface area contributed by atoms with Gasteiger partial charge in [0.2, 0.25) is 5.95 Å². The number of benzene rings is 1. The molecule has 1 aliphatic heterocycles. The first-order valence-corrected chi connectivity index (χ1v) is 7.22. The number of nitrogens with zero attached hydrogens (tertiary/aromatic N) is 3. The molecule has 0 unspecified atom stereocenters. The van der Waals surface area contributed by atoms with E-state index < -0.39 is 0 Å². The number of anilines is 1. The Hall–Kier alpha value is -2.20. The summed E-state index contributed by atoms with van der Waals surface area (Å²) in [6, 6.07) is 10.2. The average Bonchev–Trinajstić information content (AvgIpc) is 2.55. The van der Waals surface area contributed by atoms with Crippen molar-refractivity contribution in [2.45, 2.75) is 6.92 Å². The number of hydrogen-bond donors (Lipinski definition) is 0. The Morgan fingerprint density at radius 3 is 2.71 bits per heavy atom. The van der Waals surface area contributed by atoms with Crippen molar-refractivity contribution >= 4 is 18.1 Å². The van der Waals surface area contributed by atoms with E-state index in [1.165, 1.54) is 11.1 Å². The molecule has 3 rings (SSSR count). The first-order chi connectivity index (χ1) is 10.3. The molecular weight excluding hydrogens is 262 g/mol. The zero-order valence-corrected chi connectivity index (χ0v) is 12.2. The molecule has 21 heavy (non-hydrogen) atoms. The van der Waals surface area contributed by atoms with Crippen molar-refractivity contribution in [2.75, 3.05) is 31.2 Å². The van der Waals surface area contributed by atoms with Crippen molar-refractivity contribution < 1.29 is 4.74 Å². The van der Waals surface area contributed by atoms with Gasteiger partial charge in [-0.2, -0.15) is 0 Å². The molecule has 4 nitrogen and oxygen atoms in total. The molecule has 2 aromatic rings. The molecule has 0 amide bonds. The summed E-state index contributed by atoms with van der Waals surface area (Å²) >= 11 is 0. The topological polar surface area (TPSA) is 38.2 Å². The highest BCUT2D eigenvalue weighted by Crippen LogP contribution is 2.14. The van der Waals surface area contributed by atoms with E-state index in [2.05, 4.69) is 40.0 Å². The largest absolute Gasteiger partial charge is 0.378 e. The number of aryl methyl sites for hydroxylation is 1. The molecule has 1 aromatic carbocycles. The summed E-state index contributed by atoms with van der Waals surface area (Å²) in [4.78, 5) is 11.1. The zero-order chi connectivity index (χ0) is 14.5. The lowest BCUT2D eigenvalue weighted by atomic mass is 10.1. The van der Waals surface area contributed by atoms with Crippen LogP contribution in [-0.4, -0.2) is 36.3 Å². The summed E-state index contributed by atoms with van der Waals surface area (Å²) in [5.74, 6) is 0.783. The summed E-state index contributed by atoms with van der Waals surface area (Å²) in [7, 11) is 0. The van der Waals surface area contributed by atoms with Gasteiger partial charge < -0.3 is 9.64 Å². The lowest BCUT2D eigenvalue weighted by Crippen LogP contribution is -2.37. The highest BCUT2D eigenvalue weighted by atomic mass is 16.5. The number of rotatable bonds is 3. The second-order valence-electron chi connectivity index (χ2n) is 5.07. The van der Waals surface area contributed by atoms with Crippen LogP contribution < -0.4 is 4.90 Å². The second-order valence-corrected chi connectivity index (χ2v) is 5.07. The minimum atomic E-state index is 0.743. The highest BCUT2D eigenvalue weighted by Gasteiger charge is 2.13. The monoisotopic (exact) mass is 281 g/mol. The van der Waals surface area contributed by atoms with E-state index in [0.29, 0.717) is 0 Å². The second kappa shape index (κ2) is 6.50. The Balaban J connectivity index is 1.78. The molecule has 1 fully saturated rings. The Kier molecular flexibility index (Phi) is 4.26. The van der Waals surface area contributed by atoms with Gasteiger partial charge in [-0.15, -0.1) is 0 Å². The third kappa shape index (κ3) is 3.47. The van der Waals surface area contributed by atoms with Crippen LogP contribution in [0, 0.1) is 6.92 Å².